The van der Waals surface area contributed by atoms with Gasteiger partial charge in [0.25, 0.3) is 0 Å². The van der Waals surface area contributed by atoms with Gasteiger partial charge < -0.3 is 14.7 Å². The van der Waals surface area contributed by atoms with Crippen LogP contribution in [-0.2, 0) is 0 Å². The third-order valence-corrected chi connectivity index (χ3v) is 3.28. The average Bonchev–Trinajstić information content (AvgIpc) is 2.86. The van der Waals surface area contributed by atoms with Gasteiger partial charge in [0.05, 0.1) is 24.7 Å². The summed E-state index contributed by atoms with van der Waals surface area (Å²) in [5, 5.41) is 20.1. The van der Waals surface area contributed by atoms with E-state index in [1.165, 1.54) is 13.2 Å². The van der Waals surface area contributed by atoms with E-state index in [4.69, 9.17) is 4.74 Å². The van der Waals surface area contributed by atoms with Gasteiger partial charge in [0, 0.05) is 24.4 Å². The van der Waals surface area contributed by atoms with Crippen molar-refractivity contribution in [3.05, 3.63) is 28.3 Å². The lowest BCUT2D eigenvalue weighted by molar-refractivity contribution is -0.385. The van der Waals surface area contributed by atoms with Crippen LogP contribution in [0.15, 0.2) is 18.2 Å². The fourth-order valence-electron chi connectivity index (χ4n) is 2.36. The molecule has 1 aliphatic rings. The van der Waals surface area contributed by atoms with Gasteiger partial charge in [0.1, 0.15) is 0 Å². The topological polar surface area (TPSA) is 75.8 Å². The number of aliphatic hydroxyl groups is 1. The molecular weight excluding hydrogens is 236 g/mol. The summed E-state index contributed by atoms with van der Waals surface area (Å²) in [6.07, 6.45) is 1.96. The van der Waals surface area contributed by atoms with Gasteiger partial charge in [-0.1, -0.05) is 0 Å². The van der Waals surface area contributed by atoms with E-state index in [-0.39, 0.29) is 24.1 Å². The van der Waals surface area contributed by atoms with Crippen LogP contribution in [-0.4, -0.2) is 36.3 Å². The molecule has 0 aromatic heterocycles. The van der Waals surface area contributed by atoms with Crippen LogP contribution in [0.25, 0.3) is 0 Å². The second-order valence-corrected chi connectivity index (χ2v) is 4.29. The Morgan fingerprint density at radius 1 is 1.61 bits per heavy atom. The monoisotopic (exact) mass is 252 g/mol. The zero-order valence-electron chi connectivity index (χ0n) is 10.2. The van der Waals surface area contributed by atoms with Gasteiger partial charge >= 0.3 is 5.69 Å². The first-order valence-corrected chi connectivity index (χ1v) is 5.87. The molecule has 1 aliphatic heterocycles. The van der Waals surface area contributed by atoms with Crippen molar-refractivity contribution in [3.8, 4) is 5.75 Å². The van der Waals surface area contributed by atoms with E-state index >= 15 is 0 Å². The van der Waals surface area contributed by atoms with Crippen molar-refractivity contribution in [2.45, 2.75) is 18.9 Å². The predicted molar refractivity (Wildman–Crippen MR) is 67.1 cm³/mol. The Balaban J connectivity index is 2.32. The Morgan fingerprint density at radius 3 is 3.00 bits per heavy atom. The number of hydrogen-bond acceptors (Lipinski definition) is 5. The van der Waals surface area contributed by atoms with Gasteiger partial charge in [-0.2, -0.15) is 0 Å². The average molecular weight is 252 g/mol. The van der Waals surface area contributed by atoms with Crippen molar-refractivity contribution in [1.82, 2.24) is 0 Å². The van der Waals surface area contributed by atoms with Crippen LogP contribution in [0.2, 0.25) is 0 Å². The number of aliphatic hydroxyl groups excluding tert-OH is 1. The van der Waals surface area contributed by atoms with Crippen LogP contribution in [0.3, 0.4) is 0 Å². The number of nitro groups is 1. The van der Waals surface area contributed by atoms with Crippen molar-refractivity contribution in [2.24, 2.45) is 0 Å². The van der Waals surface area contributed by atoms with E-state index in [2.05, 4.69) is 4.90 Å². The van der Waals surface area contributed by atoms with Crippen molar-refractivity contribution in [2.75, 3.05) is 25.2 Å². The SMILES string of the molecule is COc1cc(N2CCCC2CO)ccc1[N+](=O)[O-]. The zero-order chi connectivity index (χ0) is 13.1. The van der Waals surface area contributed by atoms with Crippen molar-refractivity contribution >= 4 is 11.4 Å². The smallest absolute Gasteiger partial charge is 0.311 e. The number of nitrogens with zero attached hydrogens (tertiary/aromatic N) is 2. The Bertz CT molecular complexity index is 450. The zero-order valence-corrected chi connectivity index (χ0v) is 10.2. The molecular formula is C12H16N2O4. The molecule has 98 valence electrons. The minimum absolute atomic E-state index is 0.0407. The normalized spacial score (nSPS) is 19.0. The fourth-order valence-corrected chi connectivity index (χ4v) is 2.36. The van der Waals surface area contributed by atoms with Gasteiger partial charge in [-0.05, 0) is 18.9 Å². The van der Waals surface area contributed by atoms with Crippen LogP contribution in [0.1, 0.15) is 12.8 Å². The van der Waals surface area contributed by atoms with Gasteiger partial charge in [0.2, 0.25) is 0 Å². The summed E-state index contributed by atoms with van der Waals surface area (Å²) in [4.78, 5) is 12.4. The van der Waals surface area contributed by atoms with E-state index in [9.17, 15) is 15.2 Å². The van der Waals surface area contributed by atoms with Gasteiger partial charge in [-0.25, -0.2) is 0 Å². The second-order valence-electron chi connectivity index (χ2n) is 4.29. The van der Waals surface area contributed by atoms with Crippen molar-refractivity contribution < 1.29 is 14.8 Å². The van der Waals surface area contributed by atoms with E-state index in [1.54, 1.807) is 12.1 Å². The van der Waals surface area contributed by atoms with Crippen LogP contribution in [0, 0.1) is 10.1 Å². The molecule has 0 saturated carbocycles. The standard InChI is InChI=1S/C12H16N2O4/c1-18-12-7-9(4-5-11(12)14(16)17)13-6-2-3-10(13)8-15/h4-5,7,10,15H,2-3,6,8H2,1H3. The maximum absolute atomic E-state index is 10.8. The molecule has 1 aromatic rings. The summed E-state index contributed by atoms with van der Waals surface area (Å²) >= 11 is 0. The van der Waals surface area contributed by atoms with Crippen LogP contribution < -0.4 is 9.64 Å². The number of nitro benzene ring substituents is 1. The molecule has 1 unspecified atom stereocenters. The highest BCUT2D eigenvalue weighted by Crippen LogP contribution is 2.34. The first-order valence-electron chi connectivity index (χ1n) is 5.87. The summed E-state index contributed by atoms with van der Waals surface area (Å²) in [5.41, 5.74) is 0.815. The molecule has 1 saturated heterocycles. The first-order chi connectivity index (χ1) is 8.67. The molecule has 18 heavy (non-hydrogen) atoms. The summed E-state index contributed by atoms with van der Waals surface area (Å²) in [6, 6.07) is 4.90. The van der Waals surface area contributed by atoms with Crippen molar-refractivity contribution in [1.29, 1.82) is 0 Å². The highest BCUT2D eigenvalue weighted by atomic mass is 16.6. The molecule has 0 spiro atoms. The summed E-state index contributed by atoms with van der Waals surface area (Å²) < 4.78 is 5.04. The largest absolute Gasteiger partial charge is 0.490 e. The number of ether oxygens (including phenoxy) is 1. The molecule has 0 aliphatic carbocycles. The molecule has 6 heteroatoms. The molecule has 2 rings (SSSR count). The lowest BCUT2D eigenvalue weighted by Gasteiger charge is -2.25. The Labute approximate surface area is 105 Å². The first kappa shape index (κ1) is 12.6. The molecule has 1 fully saturated rings. The van der Waals surface area contributed by atoms with Gasteiger partial charge in [0.15, 0.2) is 5.75 Å². The number of methoxy groups -OCH3 is 1. The number of hydrogen-bond donors (Lipinski definition) is 1. The number of anilines is 1. The molecule has 0 radical (unpaired) electrons. The molecule has 6 nitrogen and oxygen atoms in total. The van der Waals surface area contributed by atoms with E-state index in [1.807, 2.05) is 0 Å². The Hall–Kier alpha value is -1.82. The van der Waals surface area contributed by atoms with Gasteiger partial charge in [-0.15, -0.1) is 0 Å². The quantitative estimate of drug-likeness (QED) is 0.650. The maximum Gasteiger partial charge on any atom is 0.311 e. The highest BCUT2D eigenvalue weighted by molar-refractivity contribution is 5.60. The third-order valence-electron chi connectivity index (χ3n) is 3.28. The van der Waals surface area contributed by atoms with Crippen molar-refractivity contribution in [3.63, 3.8) is 0 Å². The van der Waals surface area contributed by atoms with Gasteiger partial charge in [-0.3, -0.25) is 10.1 Å². The third kappa shape index (κ3) is 2.24. The molecule has 0 amide bonds. The van der Waals surface area contributed by atoms with E-state index < -0.39 is 4.92 Å². The van der Waals surface area contributed by atoms with Crippen LogP contribution in [0.5, 0.6) is 5.75 Å². The fraction of sp³-hybridized carbons (Fsp3) is 0.500. The number of benzene rings is 1. The second kappa shape index (κ2) is 5.22. The lowest BCUT2D eigenvalue weighted by atomic mass is 10.2. The molecule has 1 aromatic carbocycles. The number of rotatable bonds is 4. The molecule has 0 bridgehead atoms. The molecule has 1 heterocycles. The van der Waals surface area contributed by atoms with E-state index in [0.717, 1.165) is 25.1 Å². The molecule has 1 atom stereocenters. The minimum atomic E-state index is -0.462. The lowest BCUT2D eigenvalue weighted by Crippen LogP contribution is -2.31. The molecule has 1 N–H and O–H groups in total. The minimum Gasteiger partial charge on any atom is -0.490 e. The summed E-state index contributed by atoms with van der Waals surface area (Å²) in [5.74, 6) is 0.251. The Kier molecular flexibility index (Phi) is 3.66. The summed E-state index contributed by atoms with van der Waals surface area (Å²) in [7, 11) is 1.42. The van der Waals surface area contributed by atoms with Crippen LogP contribution in [0.4, 0.5) is 11.4 Å². The Morgan fingerprint density at radius 2 is 2.39 bits per heavy atom. The highest BCUT2D eigenvalue weighted by Gasteiger charge is 2.25. The summed E-state index contributed by atoms with van der Waals surface area (Å²) in [6.45, 7) is 0.950. The van der Waals surface area contributed by atoms with Crippen LogP contribution >= 0.6 is 0 Å². The predicted octanol–water partition coefficient (Wildman–Crippen LogP) is 1.56. The maximum atomic E-state index is 10.8. The van der Waals surface area contributed by atoms with E-state index in [0.29, 0.717) is 0 Å².